The highest BCUT2D eigenvalue weighted by Crippen LogP contribution is 2.32. The lowest BCUT2D eigenvalue weighted by atomic mass is 10.0. The molecule has 0 unspecified atom stereocenters. The number of hydrogen-bond acceptors (Lipinski definition) is 3. The van der Waals surface area contributed by atoms with E-state index < -0.39 is 0 Å². The first-order chi connectivity index (χ1) is 8.36. The standard InChI is InChI=1S/C14H8NOS/c15-10-17-14-8-4-3-7-13(14)12-6-2-1-5-11(12)9-16/h1-8H. The fraction of sp³-hybridized carbons (Fsp3) is 0. The highest BCUT2D eigenvalue weighted by molar-refractivity contribution is 8.03. The van der Waals surface area contributed by atoms with E-state index in [2.05, 4.69) is 0 Å². The zero-order chi connectivity index (χ0) is 12.1. The van der Waals surface area contributed by atoms with Crippen molar-refractivity contribution in [1.29, 1.82) is 5.26 Å². The summed E-state index contributed by atoms with van der Waals surface area (Å²) < 4.78 is 0. The van der Waals surface area contributed by atoms with Gasteiger partial charge >= 0.3 is 0 Å². The van der Waals surface area contributed by atoms with Crippen molar-refractivity contribution < 1.29 is 4.79 Å². The van der Waals surface area contributed by atoms with Gasteiger partial charge < -0.3 is 0 Å². The smallest absolute Gasteiger partial charge is 0.234 e. The number of thioether (sulfide) groups is 1. The van der Waals surface area contributed by atoms with E-state index in [1.807, 2.05) is 48.1 Å². The Balaban J connectivity index is 2.60. The van der Waals surface area contributed by atoms with Crippen LogP contribution in [0, 0.1) is 10.7 Å². The molecule has 0 aromatic heterocycles. The quantitative estimate of drug-likeness (QED) is 0.608. The normalized spacial score (nSPS) is 9.59. The Labute approximate surface area is 104 Å². The Morgan fingerprint density at radius 1 is 0.941 bits per heavy atom. The third kappa shape index (κ3) is 2.38. The Morgan fingerprint density at radius 2 is 1.59 bits per heavy atom. The van der Waals surface area contributed by atoms with Gasteiger partial charge in [0.15, 0.2) is 0 Å². The van der Waals surface area contributed by atoms with Crippen molar-refractivity contribution in [3.8, 4) is 16.5 Å². The molecule has 2 nitrogen and oxygen atoms in total. The first-order valence-corrected chi connectivity index (χ1v) is 5.81. The fourth-order valence-corrected chi connectivity index (χ4v) is 2.17. The molecule has 81 valence electrons. The first-order valence-electron chi connectivity index (χ1n) is 4.99. The Hall–Kier alpha value is -2.05. The average molecular weight is 238 g/mol. The van der Waals surface area contributed by atoms with E-state index in [1.54, 1.807) is 12.1 Å². The molecule has 0 saturated heterocycles. The van der Waals surface area contributed by atoms with Gasteiger partial charge in [-0.2, -0.15) is 5.26 Å². The van der Waals surface area contributed by atoms with E-state index in [-0.39, 0.29) is 0 Å². The van der Waals surface area contributed by atoms with Crippen LogP contribution in [0.2, 0.25) is 0 Å². The van der Waals surface area contributed by atoms with Gasteiger partial charge in [0, 0.05) is 10.5 Å². The molecule has 0 N–H and O–H groups in total. The number of thiocyanates is 1. The molecule has 2 aromatic carbocycles. The van der Waals surface area contributed by atoms with Gasteiger partial charge in [-0.15, -0.1) is 0 Å². The topological polar surface area (TPSA) is 40.9 Å². The minimum absolute atomic E-state index is 0.512. The molecule has 3 heteroatoms. The largest absolute Gasteiger partial charge is 0.285 e. The van der Waals surface area contributed by atoms with Crippen LogP contribution in [0.1, 0.15) is 5.56 Å². The number of hydrogen-bond donors (Lipinski definition) is 0. The Bertz CT molecular complexity index is 587. The molecule has 0 bridgehead atoms. The molecule has 0 aliphatic heterocycles. The number of carbonyl (C=O) groups excluding carboxylic acids is 1. The summed E-state index contributed by atoms with van der Waals surface area (Å²) in [6.07, 6.45) is 1.92. The molecule has 0 saturated carbocycles. The fourth-order valence-electron chi connectivity index (χ4n) is 1.63. The maximum Gasteiger partial charge on any atom is 0.234 e. The van der Waals surface area contributed by atoms with E-state index in [9.17, 15) is 4.79 Å². The summed E-state index contributed by atoms with van der Waals surface area (Å²) in [5.74, 6) is 0. The second-order valence-electron chi connectivity index (χ2n) is 3.34. The van der Waals surface area contributed by atoms with Gasteiger partial charge in [-0.1, -0.05) is 42.5 Å². The molecule has 0 heterocycles. The average Bonchev–Trinajstić information content (AvgIpc) is 2.40. The van der Waals surface area contributed by atoms with E-state index in [0.717, 1.165) is 27.8 Å². The zero-order valence-electron chi connectivity index (χ0n) is 8.88. The van der Waals surface area contributed by atoms with Crippen molar-refractivity contribution in [2.45, 2.75) is 4.90 Å². The summed E-state index contributed by atoms with van der Waals surface area (Å²) >= 11 is 1.09. The Kier molecular flexibility index (Phi) is 3.59. The SMILES string of the molecule is N#CSc1ccccc1-c1ccccc1[C]=O. The lowest BCUT2D eigenvalue weighted by Crippen LogP contribution is -1.88. The third-order valence-electron chi connectivity index (χ3n) is 2.37. The summed E-state index contributed by atoms with van der Waals surface area (Å²) in [4.78, 5) is 11.7. The summed E-state index contributed by atoms with van der Waals surface area (Å²) in [6.45, 7) is 0. The van der Waals surface area contributed by atoms with Crippen LogP contribution in [-0.2, 0) is 4.79 Å². The van der Waals surface area contributed by atoms with Crippen LogP contribution in [-0.4, -0.2) is 6.29 Å². The summed E-state index contributed by atoms with van der Waals surface area (Å²) in [5, 5.41) is 10.8. The monoisotopic (exact) mass is 238 g/mol. The van der Waals surface area contributed by atoms with Crippen molar-refractivity contribution in [1.82, 2.24) is 0 Å². The van der Waals surface area contributed by atoms with Crippen molar-refractivity contribution in [2.75, 3.05) is 0 Å². The van der Waals surface area contributed by atoms with Crippen LogP contribution in [0.5, 0.6) is 0 Å². The van der Waals surface area contributed by atoms with E-state index >= 15 is 0 Å². The molecule has 0 spiro atoms. The van der Waals surface area contributed by atoms with Crippen LogP contribution in [0.15, 0.2) is 53.4 Å². The minimum Gasteiger partial charge on any atom is -0.285 e. The maximum atomic E-state index is 10.9. The molecule has 17 heavy (non-hydrogen) atoms. The summed E-state index contributed by atoms with van der Waals surface area (Å²) in [5.41, 5.74) is 2.21. The zero-order valence-corrected chi connectivity index (χ0v) is 9.70. The van der Waals surface area contributed by atoms with Gasteiger partial charge in [0.2, 0.25) is 6.29 Å². The molecule has 1 radical (unpaired) electrons. The summed E-state index contributed by atoms with van der Waals surface area (Å²) in [7, 11) is 0. The highest BCUT2D eigenvalue weighted by Gasteiger charge is 2.08. The van der Waals surface area contributed by atoms with Gasteiger partial charge in [-0.25, -0.2) is 0 Å². The van der Waals surface area contributed by atoms with Crippen molar-refractivity contribution >= 4 is 18.0 Å². The molecule has 0 fully saturated rings. The van der Waals surface area contributed by atoms with Crippen molar-refractivity contribution in [2.24, 2.45) is 0 Å². The second-order valence-corrected chi connectivity index (χ2v) is 4.16. The lowest BCUT2D eigenvalue weighted by Gasteiger charge is -2.07. The van der Waals surface area contributed by atoms with Gasteiger partial charge in [-0.3, -0.25) is 4.79 Å². The molecule has 0 aliphatic rings. The second kappa shape index (κ2) is 5.33. The van der Waals surface area contributed by atoms with Gasteiger partial charge in [0.05, 0.1) is 0 Å². The molecule has 2 aromatic rings. The van der Waals surface area contributed by atoms with Gasteiger partial charge in [0.25, 0.3) is 0 Å². The van der Waals surface area contributed by atoms with Crippen LogP contribution in [0.4, 0.5) is 0 Å². The Morgan fingerprint density at radius 3 is 2.29 bits per heavy atom. The van der Waals surface area contributed by atoms with Crippen molar-refractivity contribution in [3.63, 3.8) is 0 Å². The van der Waals surface area contributed by atoms with E-state index in [0.29, 0.717) is 5.56 Å². The number of nitrogens with zero attached hydrogens (tertiary/aromatic N) is 1. The highest BCUT2D eigenvalue weighted by atomic mass is 32.2. The minimum atomic E-state index is 0.512. The van der Waals surface area contributed by atoms with Crippen LogP contribution in [0.3, 0.4) is 0 Å². The molecule has 0 amide bonds. The first kappa shape index (κ1) is 11.4. The third-order valence-corrected chi connectivity index (χ3v) is 3.04. The van der Waals surface area contributed by atoms with Crippen LogP contribution >= 0.6 is 11.8 Å². The lowest BCUT2D eigenvalue weighted by molar-refractivity contribution is 0.563. The van der Waals surface area contributed by atoms with Gasteiger partial charge in [-0.05, 0) is 29.0 Å². The van der Waals surface area contributed by atoms with E-state index in [1.165, 1.54) is 0 Å². The van der Waals surface area contributed by atoms with E-state index in [4.69, 9.17) is 5.26 Å². The molecular formula is C14H8NOS. The molecule has 0 aliphatic carbocycles. The molecule has 0 atom stereocenters. The van der Waals surface area contributed by atoms with Crippen molar-refractivity contribution in [3.05, 3.63) is 54.1 Å². The summed E-state index contributed by atoms with van der Waals surface area (Å²) in [6, 6.07) is 14.8. The molecular weight excluding hydrogens is 230 g/mol. The predicted octanol–water partition coefficient (Wildman–Crippen LogP) is 3.38. The molecule has 2 rings (SSSR count). The number of nitriles is 1. The number of rotatable bonds is 3. The van der Waals surface area contributed by atoms with Crippen LogP contribution in [0.25, 0.3) is 11.1 Å². The number of benzene rings is 2. The predicted molar refractivity (Wildman–Crippen MR) is 68.1 cm³/mol. The van der Waals surface area contributed by atoms with Gasteiger partial charge in [0.1, 0.15) is 5.40 Å². The maximum absolute atomic E-state index is 10.9. The van der Waals surface area contributed by atoms with Crippen LogP contribution < -0.4 is 0 Å².